The Morgan fingerprint density at radius 2 is 1.83 bits per heavy atom. The minimum absolute atomic E-state index is 0.101. The summed E-state index contributed by atoms with van der Waals surface area (Å²) in [6.45, 7) is 4.23. The third kappa shape index (κ3) is 4.23. The van der Waals surface area contributed by atoms with E-state index in [0.29, 0.717) is 5.69 Å². The minimum Gasteiger partial charge on any atom is -0.401 e. The number of ether oxygens (including phenoxy) is 1. The smallest absolute Gasteiger partial charge is 0.322 e. The Balaban J connectivity index is 1.46. The summed E-state index contributed by atoms with van der Waals surface area (Å²) in [5, 5.41) is 15.5. The van der Waals surface area contributed by atoms with Crippen LogP contribution < -0.4 is 5.32 Å². The van der Waals surface area contributed by atoms with Gasteiger partial charge in [-0.05, 0) is 49.6 Å². The van der Waals surface area contributed by atoms with Crippen molar-refractivity contribution in [3.05, 3.63) is 35.2 Å². The maximum Gasteiger partial charge on any atom is 0.322 e. The highest BCUT2D eigenvalue weighted by Gasteiger charge is 2.32. The quantitative estimate of drug-likeness (QED) is 0.614. The number of sulfonamides is 1. The van der Waals surface area contributed by atoms with E-state index >= 15 is 0 Å². The second kappa shape index (κ2) is 8.18. The summed E-state index contributed by atoms with van der Waals surface area (Å²) >= 11 is 1.13. The predicted octanol–water partition coefficient (Wildman–Crippen LogP) is 1.64. The molecule has 1 aromatic carbocycles. The first-order valence-electron chi connectivity index (χ1n) is 9.01. The molecule has 158 valence electrons. The van der Waals surface area contributed by atoms with Crippen LogP contribution in [-0.4, -0.2) is 63.7 Å². The normalized spacial score (nSPS) is 20.2. The van der Waals surface area contributed by atoms with Gasteiger partial charge in [0.1, 0.15) is 0 Å². The van der Waals surface area contributed by atoms with Gasteiger partial charge < -0.3 is 9.15 Å². The lowest BCUT2D eigenvalue weighted by Gasteiger charge is -2.34. The fourth-order valence-corrected chi connectivity index (χ4v) is 5.08. The second-order valence-electron chi connectivity index (χ2n) is 6.76. The van der Waals surface area contributed by atoms with Crippen LogP contribution in [0.2, 0.25) is 0 Å². The Bertz CT molecular complexity index is 1120. The van der Waals surface area contributed by atoms with Crippen molar-refractivity contribution in [1.82, 2.24) is 24.1 Å². The lowest BCUT2D eigenvalue weighted by atomic mass is 10.2. The number of benzene rings is 1. The van der Waals surface area contributed by atoms with E-state index in [0.717, 1.165) is 11.5 Å². The molecule has 2 aromatic heterocycles. The highest BCUT2D eigenvalue weighted by molar-refractivity contribution is 7.89. The molecule has 0 bridgehead atoms. The molecule has 1 aliphatic rings. The largest absolute Gasteiger partial charge is 0.401 e. The summed E-state index contributed by atoms with van der Waals surface area (Å²) in [4.78, 5) is 12.5. The van der Waals surface area contributed by atoms with Gasteiger partial charge in [0.2, 0.25) is 10.0 Å². The molecule has 1 aliphatic heterocycles. The van der Waals surface area contributed by atoms with Crippen LogP contribution in [0.1, 0.15) is 24.2 Å². The Morgan fingerprint density at radius 3 is 2.47 bits per heavy atom. The van der Waals surface area contributed by atoms with Crippen LogP contribution in [0.25, 0.3) is 11.6 Å². The zero-order chi connectivity index (χ0) is 21.3. The van der Waals surface area contributed by atoms with Crippen molar-refractivity contribution in [1.29, 1.82) is 0 Å². The van der Waals surface area contributed by atoms with Gasteiger partial charge >= 0.3 is 6.01 Å². The third-order valence-electron chi connectivity index (χ3n) is 4.37. The summed E-state index contributed by atoms with van der Waals surface area (Å²) in [7, 11) is -3.68. The van der Waals surface area contributed by atoms with Gasteiger partial charge in [-0.3, -0.25) is 10.1 Å². The first-order chi connectivity index (χ1) is 14.3. The number of amides is 1. The summed E-state index contributed by atoms with van der Waals surface area (Å²) in [6.07, 6.45) is -0.374. The molecular weight excluding hydrogens is 432 g/mol. The third-order valence-corrected chi connectivity index (χ3v) is 6.72. The number of morpholine rings is 1. The van der Waals surface area contributed by atoms with Crippen molar-refractivity contribution in [2.45, 2.75) is 31.0 Å². The first kappa shape index (κ1) is 20.5. The molecule has 1 saturated heterocycles. The van der Waals surface area contributed by atoms with Crippen molar-refractivity contribution in [3.63, 3.8) is 0 Å². The number of aromatic nitrogens is 4. The van der Waals surface area contributed by atoms with E-state index in [1.54, 1.807) is 5.38 Å². The van der Waals surface area contributed by atoms with Gasteiger partial charge in [0.25, 0.3) is 11.8 Å². The van der Waals surface area contributed by atoms with Crippen molar-refractivity contribution >= 4 is 33.5 Å². The second-order valence-corrected chi connectivity index (χ2v) is 9.31. The van der Waals surface area contributed by atoms with Gasteiger partial charge in [-0.25, -0.2) is 8.42 Å². The van der Waals surface area contributed by atoms with E-state index < -0.39 is 15.9 Å². The van der Waals surface area contributed by atoms with Crippen LogP contribution in [0, 0.1) is 0 Å². The summed E-state index contributed by atoms with van der Waals surface area (Å²) < 4.78 is 41.8. The topological polar surface area (TPSA) is 140 Å². The molecule has 1 N–H and O–H groups in total. The fourth-order valence-electron chi connectivity index (χ4n) is 3.06. The number of carbonyl (C=O) groups excluding carboxylic acids is 1. The number of nitrogens with one attached hydrogen (secondary N) is 1. The molecule has 2 atom stereocenters. The van der Waals surface area contributed by atoms with Gasteiger partial charge in [0.05, 0.1) is 17.1 Å². The number of rotatable bonds is 5. The van der Waals surface area contributed by atoms with Gasteiger partial charge in [-0.2, -0.15) is 4.31 Å². The molecule has 11 nitrogen and oxygen atoms in total. The zero-order valence-corrected chi connectivity index (χ0v) is 17.7. The van der Waals surface area contributed by atoms with E-state index in [9.17, 15) is 13.2 Å². The van der Waals surface area contributed by atoms with Gasteiger partial charge in [0.15, 0.2) is 5.69 Å². The monoisotopic (exact) mass is 450 g/mol. The highest BCUT2D eigenvalue weighted by atomic mass is 32.2. The SMILES string of the molecule is CC1CN(S(=O)(=O)c2ccc(C(=O)Nc3nnc(-c4csnn4)o3)cc2)CC(C)O1. The molecule has 1 amide bonds. The molecule has 1 fully saturated rings. The Morgan fingerprint density at radius 1 is 1.13 bits per heavy atom. The lowest BCUT2D eigenvalue weighted by Crippen LogP contribution is -2.48. The van der Waals surface area contributed by atoms with Crippen LogP contribution in [0.15, 0.2) is 39.0 Å². The van der Waals surface area contributed by atoms with Crippen molar-refractivity contribution in [3.8, 4) is 11.6 Å². The van der Waals surface area contributed by atoms with Crippen LogP contribution in [-0.2, 0) is 14.8 Å². The van der Waals surface area contributed by atoms with E-state index in [1.165, 1.54) is 28.6 Å². The molecule has 0 saturated carbocycles. The number of nitrogens with zero attached hydrogens (tertiary/aromatic N) is 5. The van der Waals surface area contributed by atoms with Crippen LogP contribution >= 0.6 is 11.5 Å². The number of carbonyl (C=O) groups is 1. The first-order valence-corrected chi connectivity index (χ1v) is 11.3. The Kier molecular flexibility index (Phi) is 5.60. The van der Waals surface area contributed by atoms with Crippen molar-refractivity contribution in [2.75, 3.05) is 18.4 Å². The average molecular weight is 451 g/mol. The number of anilines is 1. The van der Waals surface area contributed by atoms with Gasteiger partial charge in [-0.15, -0.1) is 10.2 Å². The molecule has 3 aromatic rings. The number of hydrogen-bond donors (Lipinski definition) is 1. The molecular formula is C17H18N6O5S2. The standard InChI is InChI=1S/C17H18N6O5S2/c1-10-7-23(8-11(2)27-10)30(25,26)13-5-3-12(4-6-13)15(24)18-17-21-20-16(28-17)14-9-29-22-19-14/h3-6,9-11H,7-8H2,1-2H3,(H,18,21,24). The maximum absolute atomic E-state index is 12.9. The molecule has 0 spiro atoms. The van der Waals surface area contributed by atoms with E-state index in [4.69, 9.17) is 9.15 Å². The molecule has 0 radical (unpaired) electrons. The minimum atomic E-state index is -3.68. The maximum atomic E-state index is 12.9. The van der Waals surface area contributed by atoms with Crippen LogP contribution in [0.3, 0.4) is 0 Å². The summed E-state index contributed by atoms with van der Waals surface area (Å²) in [6, 6.07) is 5.55. The highest BCUT2D eigenvalue weighted by Crippen LogP contribution is 2.22. The van der Waals surface area contributed by atoms with E-state index in [1.807, 2.05) is 13.8 Å². The molecule has 3 heterocycles. The van der Waals surface area contributed by atoms with E-state index in [-0.39, 0.29) is 47.7 Å². The zero-order valence-electron chi connectivity index (χ0n) is 16.0. The molecule has 2 unspecified atom stereocenters. The molecule has 0 aliphatic carbocycles. The number of hydrogen-bond acceptors (Lipinski definition) is 10. The Hall–Kier alpha value is -2.74. The molecule has 4 rings (SSSR count). The van der Waals surface area contributed by atoms with Crippen molar-refractivity contribution < 1.29 is 22.4 Å². The van der Waals surface area contributed by atoms with Crippen LogP contribution in [0.5, 0.6) is 0 Å². The average Bonchev–Trinajstić information content (AvgIpc) is 3.39. The molecule has 13 heteroatoms. The Labute approximate surface area is 176 Å². The lowest BCUT2D eigenvalue weighted by molar-refractivity contribution is -0.0440. The molecule has 30 heavy (non-hydrogen) atoms. The van der Waals surface area contributed by atoms with Gasteiger partial charge in [0, 0.05) is 24.0 Å². The summed E-state index contributed by atoms with van der Waals surface area (Å²) in [5.74, 6) is -0.381. The van der Waals surface area contributed by atoms with E-state index in [2.05, 4.69) is 25.1 Å². The van der Waals surface area contributed by atoms with Crippen LogP contribution in [0.4, 0.5) is 6.01 Å². The van der Waals surface area contributed by atoms with Gasteiger partial charge in [-0.1, -0.05) is 9.59 Å². The fraction of sp³-hybridized carbons (Fsp3) is 0.353. The predicted molar refractivity (Wildman–Crippen MR) is 106 cm³/mol. The summed E-state index contributed by atoms with van der Waals surface area (Å²) in [5.41, 5.74) is 0.655. The van der Waals surface area contributed by atoms with Crippen molar-refractivity contribution in [2.24, 2.45) is 0 Å².